The molecular weight excluding hydrogens is 306 g/mol. The molecule has 0 aliphatic heterocycles. The van der Waals surface area contributed by atoms with Crippen LogP contribution in [0.25, 0.3) is 0 Å². The van der Waals surface area contributed by atoms with E-state index in [-0.39, 0.29) is 6.10 Å². The molecule has 1 fully saturated rings. The van der Waals surface area contributed by atoms with Crippen molar-refractivity contribution in [1.29, 1.82) is 0 Å². The first-order valence-electron chi connectivity index (χ1n) is 8.75. The maximum absolute atomic E-state index is 10.2. The van der Waals surface area contributed by atoms with Gasteiger partial charge in [0.2, 0.25) is 0 Å². The molecule has 3 nitrogen and oxygen atoms in total. The van der Waals surface area contributed by atoms with E-state index in [1.807, 2.05) is 0 Å². The molecule has 0 aromatic carbocycles. The topological polar surface area (TPSA) is 33.9 Å². The molecule has 4 atom stereocenters. The number of ether oxygens (including phenoxy) is 1. The van der Waals surface area contributed by atoms with Gasteiger partial charge in [-0.2, -0.15) is 0 Å². The molecule has 2 bridgehead atoms. The second kappa shape index (κ2) is 7.06. The summed E-state index contributed by atoms with van der Waals surface area (Å²) in [6, 6.07) is 4.23. The van der Waals surface area contributed by atoms with Gasteiger partial charge in [0.25, 0.3) is 0 Å². The summed E-state index contributed by atoms with van der Waals surface area (Å²) in [6.45, 7) is 7.61. The summed E-state index contributed by atoms with van der Waals surface area (Å²) < 4.78 is 5.83. The van der Waals surface area contributed by atoms with Crippen LogP contribution in [0.5, 0.6) is 0 Å². The number of aliphatic hydroxyl groups is 1. The number of likely N-dealkylation sites (N-methyl/N-ethyl adjacent to an activating group) is 1. The highest BCUT2D eigenvalue weighted by atomic mass is 32.1. The Bertz CT molecular complexity index is 538. The van der Waals surface area contributed by atoms with Gasteiger partial charge in [0, 0.05) is 0 Å². The molecule has 1 heterocycles. The predicted octanol–water partition coefficient (Wildman–Crippen LogP) is 2.13. The molecule has 1 aromatic heterocycles. The van der Waals surface area contributed by atoms with Crippen LogP contribution in [0.15, 0.2) is 29.2 Å². The average Bonchev–Trinajstić information content (AvgIpc) is 2.99. The normalized spacial score (nSPS) is 27.9. The molecule has 1 saturated carbocycles. The first-order valence-corrected chi connectivity index (χ1v) is 9.63. The first kappa shape index (κ1) is 17.2. The van der Waals surface area contributed by atoms with Crippen molar-refractivity contribution in [3.63, 3.8) is 0 Å². The van der Waals surface area contributed by atoms with E-state index in [2.05, 4.69) is 44.5 Å². The van der Waals surface area contributed by atoms with Crippen LogP contribution in [0.3, 0.4) is 0 Å². The maximum Gasteiger partial charge on any atom is 0.126 e. The number of hydrogen-bond donors (Lipinski definition) is 2. The quantitative estimate of drug-likeness (QED) is 0.713. The largest absolute Gasteiger partial charge is 0.385 e. The van der Waals surface area contributed by atoms with Gasteiger partial charge < -0.3 is 14.7 Å². The van der Waals surface area contributed by atoms with Crippen LogP contribution in [-0.4, -0.2) is 38.0 Å². The Hall–Kier alpha value is -0.680. The number of rotatable bonds is 8. The third kappa shape index (κ3) is 3.87. The Morgan fingerprint density at radius 1 is 1.48 bits per heavy atom. The molecular formula is C19H30NO2S+. The van der Waals surface area contributed by atoms with Crippen LogP contribution in [0.4, 0.5) is 0 Å². The number of fused-ring (bicyclic) bond motifs is 1. The van der Waals surface area contributed by atoms with E-state index in [9.17, 15) is 5.11 Å². The third-order valence-electron chi connectivity index (χ3n) is 5.80. The molecule has 4 heteroatoms. The maximum atomic E-state index is 10.2. The number of quaternary nitrogens is 1. The Kier molecular flexibility index (Phi) is 5.26. The van der Waals surface area contributed by atoms with Crippen molar-refractivity contribution < 1.29 is 14.7 Å². The standard InChI is InChI=1S/C19H29NO2S/c1-19(2)15-7-6-14(18(19)9-15)12-22-13-16(21)10-20(3)11-17-5-4-8-23-17/h4-6,8,15-16,18,21H,7,9-13H2,1-3H3/p+1/t15-,16-,18-/m1/s1. The minimum Gasteiger partial charge on any atom is -0.385 e. The minimum absolute atomic E-state index is 0.388. The fraction of sp³-hybridized carbons (Fsp3) is 0.684. The Morgan fingerprint density at radius 3 is 2.96 bits per heavy atom. The van der Waals surface area contributed by atoms with E-state index >= 15 is 0 Å². The highest BCUT2D eigenvalue weighted by molar-refractivity contribution is 7.09. The number of thiophene rings is 1. The molecule has 128 valence electrons. The van der Waals surface area contributed by atoms with Crippen molar-refractivity contribution in [2.75, 3.05) is 26.8 Å². The lowest BCUT2D eigenvalue weighted by atomic mass is 9.49. The van der Waals surface area contributed by atoms with Gasteiger partial charge >= 0.3 is 0 Å². The average molecular weight is 337 g/mol. The Morgan fingerprint density at radius 2 is 2.30 bits per heavy atom. The second-order valence-electron chi connectivity index (χ2n) is 7.91. The summed E-state index contributed by atoms with van der Waals surface area (Å²) in [5.41, 5.74) is 1.92. The second-order valence-corrected chi connectivity index (χ2v) is 8.94. The number of aliphatic hydroxyl groups excluding tert-OH is 1. The third-order valence-corrected chi connectivity index (χ3v) is 6.68. The van der Waals surface area contributed by atoms with Gasteiger partial charge in [0.15, 0.2) is 0 Å². The number of hydrogen-bond acceptors (Lipinski definition) is 3. The molecule has 3 aliphatic rings. The molecule has 0 amide bonds. The van der Waals surface area contributed by atoms with Crippen molar-refractivity contribution in [1.82, 2.24) is 0 Å². The zero-order valence-corrected chi connectivity index (χ0v) is 15.4. The van der Waals surface area contributed by atoms with Crippen LogP contribution in [-0.2, 0) is 11.3 Å². The van der Waals surface area contributed by atoms with Crippen molar-refractivity contribution in [2.45, 2.75) is 39.3 Å². The molecule has 1 unspecified atom stereocenters. The van der Waals surface area contributed by atoms with Crippen LogP contribution in [0.1, 0.15) is 31.6 Å². The minimum atomic E-state index is -0.388. The van der Waals surface area contributed by atoms with Gasteiger partial charge in [-0.15, -0.1) is 11.3 Å². The molecule has 3 aliphatic carbocycles. The van der Waals surface area contributed by atoms with E-state index in [4.69, 9.17) is 4.74 Å². The fourth-order valence-electron chi connectivity index (χ4n) is 4.20. The lowest BCUT2D eigenvalue weighted by Crippen LogP contribution is -3.08. The van der Waals surface area contributed by atoms with E-state index in [1.54, 1.807) is 11.3 Å². The van der Waals surface area contributed by atoms with E-state index in [0.717, 1.165) is 19.0 Å². The highest BCUT2D eigenvalue weighted by Crippen LogP contribution is 2.59. The lowest BCUT2D eigenvalue weighted by molar-refractivity contribution is -0.896. The van der Waals surface area contributed by atoms with Gasteiger partial charge in [0.05, 0.1) is 25.1 Å². The summed E-state index contributed by atoms with van der Waals surface area (Å²) in [5, 5.41) is 12.3. The monoisotopic (exact) mass is 336 g/mol. The van der Waals surface area contributed by atoms with Crippen molar-refractivity contribution >= 4 is 11.3 Å². The Labute approximate surface area is 144 Å². The lowest BCUT2D eigenvalue weighted by Gasteiger charge is -2.56. The van der Waals surface area contributed by atoms with E-state index < -0.39 is 0 Å². The molecule has 0 saturated heterocycles. The van der Waals surface area contributed by atoms with Gasteiger partial charge in [-0.05, 0) is 47.1 Å². The summed E-state index contributed by atoms with van der Waals surface area (Å²) in [4.78, 5) is 2.69. The van der Waals surface area contributed by atoms with E-state index in [1.165, 1.54) is 28.2 Å². The zero-order valence-electron chi connectivity index (χ0n) is 14.5. The van der Waals surface area contributed by atoms with Gasteiger partial charge in [-0.1, -0.05) is 26.0 Å². The van der Waals surface area contributed by atoms with Crippen LogP contribution in [0.2, 0.25) is 0 Å². The molecule has 1 aromatic rings. The fourth-order valence-corrected chi connectivity index (χ4v) is 5.02. The first-order chi connectivity index (χ1) is 11.0. The van der Waals surface area contributed by atoms with Crippen molar-refractivity contribution in [3.05, 3.63) is 34.0 Å². The van der Waals surface area contributed by atoms with Crippen LogP contribution < -0.4 is 4.90 Å². The highest BCUT2D eigenvalue weighted by Gasteiger charge is 2.50. The molecule has 23 heavy (non-hydrogen) atoms. The summed E-state index contributed by atoms with van der Waals surface area (Å²) in [6.07, 6.45) is 4.53. The molecule has 0 radical (unpaired) electrons. The Balaban J connectivity index is 1.36. The van der Waals surface area contributed by atoms with Gasteiger partial charge in [-0.3, -0.25) is 0 Å². The molecule has 0 spiro atoms. The van der Waals surface area contributed by atoms with Crippen molar-refractivity contribution in [2.24, 2.45) is 17.3 Å². The summed E-state index contributed by atoms with van der Waals surface area (Å²) in [5.74, 6) is 1.57. The predicted molar refractivity (Wildman–Crippen MR) is 94.7 cm³/mol. The van der Waals surface area contributed by atoms with Gasteiger partial charge in [0.1, 0.15) is 19.2 Å². The smallest absolute Gasteiger partial charge is 0.126 e. The molecule has 2 N–H and O–H groups in total. The van der Waals surface area contributed by atoms with E-state index in [0.29, 0.717) is 24.5 Å². The van der Waals surface area contributed by atoms with Crippen LogP contribution >= 0.6 is 11.3 Å². The number of nitrogens with one attached hydrogen (secondary N) is 1. The summed E-state index contributed by atoms with van der Waals surface area (Å²) in [7, 11) is 2.13. The SMILES string of the molecule is C[NH+](Cc1cccs1)C[C@@H](O)COCC1=CC[C@@H]2C[C@H]1C2(C)C. The van der Waals surface area contributed by atoms with Crippen LogP contribution in [0, 0.1) is 17.3 Å². The summed E-state index contributed by atoms with van der Waals surface area (Å²) >= 11 is 1.78. The zero-order chi connectivity index (χ0) is 16.4. The molecule has 4 rings (SSSR count). The van der Waals surface area contributed by atoms with Gasteiger partial charge in [-0.25, -0.2) is 0 Å². The number of allylic oxidation sites excluding steroid dienone is 1. The van der Waals surface area contributed by atoms with Crippen molar-refractivity contribution in [3.8, 4) is 0 Å².